The van der Waals surface area contributed by atoms with Gasteiger partial charge in [-0.15, -0.1) is 0 Å². The minimum Gasteiger partial charge on any atom is -0.353 e. The van der Waals surface area contributed by atoms with Crippen LogP contribution in [0.1, 0.15) is 18.4 Å². The van der Waals surface area contributed by atoms with Crippen LogP contribution in [0, 0.1) is 15.9 Å². The van der Waals surface area contributed by atoms with E-state index in [0.717, 1.165) is 56.3 Å². The Bertz CT molecular complexity index is 1540. The van der Waals surface area contributed by atoms with Crippen LogP contribution in [0.3, 0.4) is 0 Å². The van der Waals surface area contributed by atoms with E-state index >= 15 is 0 Å². The highest BCUT2D eigenvalue weighted by Crippen LogP contribution is 2.32. The van der Waals surface area contributed by atoms with Crippen molar-refractivity contribution in [2.45, 2.75) is 19.3 Å². The highest BCUT2D eigenvalue weighted by atomic mass is 32.1. The molecule has 34 heavy (non-hydrogen) atoms. The molecule has 0 radical (unpaired) electrons. The van der Waals surface area contributed by atoms with Crippen LogP contribution < -0.4 is 5.32 Å². The summed E-state index contributed by atoms with van der Waals surface area (Å²) in [6.07, 6.45) is 2.30. The first-order valence-electron chi connectivity index (χ1n) is 10.5. The fourth-order valence-corrected chi connectivity index (χ4v) is 4.57. The number of amides is 1. The smallest absolute Gasteiger partial charge is 0.345 e. The van der Waals surface area contributed by atoms with E-state index in [1.54, 1.807) is 6.07 Å². The molecule has 1 amide bonds. The van der Waals surface area contributed by atoms with Gasteiger partial charge in [0.1, 0.15) is 12.0 Å². The minimum atomic E-state index is -0.550. The van der Waals surface area contributed by atoms with Gasteiger partial charge in [0, 0.05) is 22.7 Å². The summed E-state index contributed by atoms with van der Waals surface area (Å²) in [6.45, 7) is 0. The van der Waals surface area contributed by atoms with Gasteiger partial charge in [-0.25, -0.2) is 14.4 Å². The van der Waals surface area contributed by atoms with Gasteiger partial charge >= 0.3 is 5.00 Å². The van der Waals surface area contributed by atoms with E-state index in [1.807, 2.05) is 36.4 Å². The first kappa shape index (κ1) is 21.7. The number of rotatable bonds is 7. The number of nitrogens with zero attached hydrogens (tertiary/aromatic N) is 3. The number of aryl methyl sites for hydroxylation is 1. The number of nitrogens with one attached hydrogen (secondary N) is 2. The van der Waals surface area contributed by atoms with E-state index in [-0.39, 0.29) is 28.3 Å². The number of para-hydroxylation sites is 1. The van der Waals surface area contributed by atoms with E-state index in [9.17, 15) is 19.3 Å². The minimum absolute atomic E-state index is 0.136. The molecule has 5 aromatic rings. The summed E-state index contributed by atoms with van der Waals surface area (Å²) in [7, 11) is 0. The molecule has 0 bridgehead atoms. The lowest BCUT2D eigenvalue weighted by atomic mass is 10.0. The molecule has 0 saturated carbocycles. The highest BCUT2D eigenvalue weighted by molar-refractivity contribution is 7.18. The molecule has 0 spiro atoms. The number of anilines is 1. The third-order valence-corrected chi connectivity index (χ3v) is 6.34. The fourth-order valence-electron chi connectivity index (χ4n) is 3.92. The van der Waals surface area contributed by atoms with Crippen molar-refractivity contribution in [3.63, 3.8) is 0 Å². The predicted molar refractivity (Wildman–Crippen MR) is 129 cm³/mol. The van der Waals surface area contributed by atoms with Crippen molar-refractivity contribution in [2.24, 2.45) is 0 Å². The normalized spacial score (nSPS) is 11.2. The summed E-state index contributed by atoms with van der Waals surface area (Å²) in [5.74, 6) is -0.630. The number of thiazole rings is 1. The number of hydrogen-bond acceptors (Lipinski definition) is 6. The SMILES string of the molecule is O=C(CCCc1c(-c2ccc3ccccc3n2)[nH]c2ccc(F)cc12)Nc1ncc([N+](=O)[O-])s1. The number of hydrogen-bond donors (Lipinski definition) is 2. The van der Waals surface area contributed by atoms with Crippen LogP contribution >= 0.6 is 11.3 Å². The Morgan fingerprint density at radius 3 is 2.85 bits per heavy atom. The lowest BCUT2D eigenvalue weighted by Crippen LogP contribution is -2.11. The molecule has 2 N–H and O–H groups in total. The van der Waals surface area contributed by atoms with E-state index < -0.39 is 4.92 Å². The molecular formula is C24H18FN5O3S. The standard InChI is InChI=1S/C24H18FN5O3S/c25-15-9-11-19-17(12-15)16(5-3-7-21(31)29-24-26-13-22(34-24)30(32)33)23(28-19)20-10-8-14-4-1-2-6-18(14)27-20/h1-2,4,6,8-13,28H,3,5,7H2,(H,26,29,31). The average Bonchev–Trinajstić information content (AvgIpc) is 3.44. The number of halogens is 1. The summed E-state index contributed by atoms with van der Waals surface area (Å²) in [5.41, 5.74) is 4.07. The zero-order valence-corrected chi connectivity index (χ0v) is 18.6. The second kappa shape index (κ2) is 8.99. The Kier molecular flexibility index (Phi) is 5.72. The third-order valence-electron chi connectivity index (χ3n) is 5.47. The number of fused-ring (bicyclic) bond motifs is 2. The van der Waals surface area contributed by atoms with Crippen LogP contribution in [0.15, 0.2) is 60.8 Å². The fraction of sp³-hybridized carbons (Fsp3) is 0.125. The Balaban J connectivity index is 1.38. The topological polar surface area (TPSA) is 114 Å². The number of H-pyrrole nitrogens is 1. The zero-order chi connectivity index (χ0) is 23.7. The van der Waals surface area contributed by atoms with Gasteiger partial charge in [-0.1, -0.05) is 24.3 Å². The second-order valence-corrected chi connectivity index (χ2v) is 8.73. The van der Waals surface area contributed by atoms with Crippen molar-refractivity contribution < 1.29 is 14.1 Å². The maximum Gasteiger partial charge on any atom is 0.345 e. The maximum absolute atomic E-state index is 14.0. The van der Waals surface area contributed by atoms with Gasteiger partial charge in [-0.3, -0.25) is 14.9 Å². The van der Waals surface area contributed by atoms with Crippen molar-refractivity contribution in [1.29, 1.82) is 0 Å². The van der Waals surface area contributed by atoms with Crippen LogP contribution in [0.2, 0.25) is 0 Å². The van der Waals surface area contributed by atoms with Gasteiger partial charge in [0.25, 0.3) is 0 Å². The summed E-state index contributed by atoms with van der Waals surface area (Å²) < 4.78 is 14.0. The molecule has 3 aromatic heterocycles. The molecule has 0 aliphatic rings. The van der Waals surface area contributed by atoms with Gasteiger partial charge in [-0.2, -0.15) is 0 Å². The number of aromatic amines is 1. The van der Waals surface area contributed by atoms with Crippen LogP contribution in [-0.2, 0) is 11.2 Å². The Hall–Kier alpha value is -4.18. The summed E-state index contributed by atoms with van der Waals surface area (Å²) in [5, 5.41) is 15.2. The van der Waals surface area contributed by atoms with Gasteiger partial charge < -0.3 is 10.3 Å². The quantitative estimate of drug-likeness (QED) is 0.226. The van der Waals surface area contributed by atoms with Gasteiger partial charge in [0.2, 0.25) is 5.91 Å². The summed E-state index contributed by atoms with van der Waals surface area (Å²) in [4.78, 5) is 34.6. The zero-order valence-electron chi connectivity index (χ0n) is 17.7. The molecule has 5 rings (SSSR count). The van der Waals surface area contributed by atoms with E-state index in [0.29, 0.717) is 12.8 Å². The molecule has 3 heterocycles. The average molecular weight is 476 g/mol. The molecule has 2 aromatic carbocycles. The number of aromatic nitrogens is 3. The van der Waals surface area contributed by atoms with E-state index in [2.05, 4.69) is 15.3 Å². The molecule has 0 unspecified atom stereocenters. The number of carbonyl (C=O) groups excluding carboxylic acids is 1. The van der Waals surface area contributed by atoms with E-state index in [1.165, 1.54) is 12.1 Å². The van der Waals surface area contributed by atoms with Crippen LogP contribution in [0.4, 0.5) is 14.5 Å². The predicted octanol–water partition coefficient (Wildman–Crippen LogP) is 5.85. The molecule has 0 aliphatic heterocycles. The van der Waals surface area contributed by atoms with E-state index in [4.69, 9.17) is 4.98 Å². The second-order valence-electron chi connectivity index (χ2n) is 7.72. The van der Waals surface area contributed by atoms with Crippen molar-refractivity contribution in [2.75, 3.05) is 5.32 Å². The Labute approximate surface area is 196 Å². The molecule has 0 fully saturated rings. The molecule has 0 aliphatic carbocycles. The van der Waals surface area contributed by atoms with Crippen LogP contribution in [0.25, 0.3) is 33.2 Å². The molecule has 8 nitrogen and oxygen atoms in total. The van der Waals surface area contributed by atoms with Crippen LogP contribution in [0.5, 0.6) is 0 Å². The first-order valence-corrected chi connectivity index (χ1v) is 11.4. The first-order chi connectivity index (χ1) is 16.5. The lowest BCUT2D eigenvalue weighted by molar-refractivity contribution is -0.380. The number of carbonyl (C=O) groups is 1. The van der Waals surface area contributed by atoms with Gasteiger partial charge in [0.15, 0.2) is 5.13 Å². The molecule has 0 atom stereocenters. The Morgan fingerprint density at radius 2 is 2.03 bits per heavy atom. The third kappa shape index (κ3) is 4.35. The van der Waals surface area contributed by atoms with Gasteiger partial charge in [-0.05, 0) is 60.1 Å². The van der Waals surface area contributed by atoms with Gasteiger partial charge in [0.05, 0.1) is 21.8 Å². The monoisotopic (exact) mass is 475 g/mol. The molecular weight excluding hydrogens is 457 g/mol. The van der Waals surface area contributed by atoms with Crippen molar-refractivity contribution in [1.82, 2.24) is 15.0 Å². The molecule has 10 heteroatoms. The lowest BCUT2D eigenvalue weighted by Gasteiger charge is -2.07. The maximum atomic E-state index is 14.0. The summed E-state index contributed by atoms with van der Waals surface area (Å²) >= 11 is 0.808. The molecule has 170 valence electrons. The van der Waals surface area contributed by atoms with Crippen LogP contribution in [-0.4, -0.2) is 25.8 Å². The number of benzene rings is 2. The molecule has 0 saturated heterocycles. The van der Waals surface area contributed by atoms with Crippen molar-refractivity contribution in [3.05, 3.63) is 82.3 Å². The Morgan fingerprint density at radius 1 is 1.18 bits per heavy atom. The summed E-state index contributed by atoms with van der Waals surface area (Å²) in [6, 6.07) is 16.3. The highest BCUT2D eigenvalue weighted by Gasteiger charge is 2.17. The largest absolute Gasteiger partial charge is 0.353 e. The number of pyridine rings is 1. The van der Waals surface area contributed by atoms with Crippen molar-refractivity contribution in [3.8, 4) is 11.4 Å². The van der Waals surface area contributed by atoms with Crippen molar-refractivity contribution >= 4 is 49.2 Å². The number of nitro groups is 1.